The Labute approximate surface area is 170 Å². The molecule has 0 spiro atoms. The van der Waals surface area contributed by atoms with Gasteiger partial charge in [0.15, 0.2) is 5.70 Å². The van der Waals surface area contributed by atoms with Crippen LogP contribution in [0.3, 0.4) is 0 Å². The van der Waals surface area contributed by atoms with E-state index in [4.69, 9.17) is 4.74 Å². The second kappa shape index (κ2) is 6.74. The zero-order chi connectivity index (χ0) is 19.3. The monoisotopic (exact) mass is 439 g/mol. The highest BCUT2D eigenvalue weighted by atomic mass is 79.9. The number of ether oxygens (including phenoxy) is 1. The van der Waals surface area contributed by atoms with Gasteiger partial charge >= 0.3 is 5.97 Å². The number of carbonyl (C=O) groups excluding carboxylic acids is 1. The molecule has 142 valence electrons. The van der Waals surface area contributed by atoms with Crippen LogP contribution < -0.4 is 5.56 Å². The molecule has 2 atom stereocenters. The fourth-order valence-corrected chi connectivity index (χ4v) is 4.59. The molecular weight excluding hydrogens is 422 g/mol. The summed E-state index contributed by atoms with van der Waals surface area (Å²) in [5.41, 5.74) is 2.24. The van der Waals surface area contributed by atoms with Gasteiger partial charge in [-0.1, -0.05) is 22.0 Å². The molecule has 1 aromatic heterocycles. The molecule has 0 radical (unpaired) electrons. The standard InChI is InChI=1S/C21H18BrN3O3/c22-16-6-4-14(5-7-16)20-23-17(21(27)28-20)12-24-9-13-8-15(11-24)18-2-1-3-19(26)25(18)10-13/h1-7,12-13,15H,8-11H2/b17-12-/t13-,15+/m1/s1. The number of cyclic esters (lactones) is 1. The van der Waals surface area contributed by atoms with Gasteiger partial charge in [-0.25, -0.2) is 9.79 Å². The Morgan fingerprint density at radius 1 is 1.07 bits per heavy atom. The van der Waals surface area contributed by atoms with Gasteiger partial charge in [0.05, 0.1) is 0 Å². The number of hydrogen-bond acceptors (Lipinski definition) is 5. The number of halogens is 1. The number of fused-ring (bicyclic) bond motifs is 4. The molecule has 28 heavy (non-hydrogen) atoms. The molecule has 0 amide bonds. The van der Waals surface area contributed by atoms with E-state index in [-0.39, 0.29) is 11.5 Å². The van der Waals surface area contributed by atoms with Crippen LogP contribution >= 0.6 is 15.9 Å². The van der Waals surface area contributed by atoms with Crippen LogP contribution in [0.5, 0.6) is 0 Å². The molecule has 2 bridgehead atoms. The van der Waals surface area contributed by atoms with Crippen molar-refractivity contribution in [2.24, 2.45) is 10.9 Å². The van der Waals surface area contributed by atoms with E-state index in [1.807, 2.05) is 47.2 Å². The molecule has 6 nitrogen and oxygen atoms in total. The molecule has 0 saturated carbocycles. The van der Waals surface area contributed by atoms with E-state index >= 15 is 0 Å². The number of likely N-dealkylation sites (tertiary alicyclic amines) is 1. The number of piperidine rings is 1. The third kappa shape index (κ3) is 3.09. The van der Waals surface area contributed by atoms with Crippen LogP contribution in [0.15, 0.2) is 68.6 Å². The Balaban J connectivity index is 1.40. The van der Waals surface area contributed by atoms with Gasteiger partial charge in [-0.15, -0.1) is 0 Å². The van der Waals surface area contributed by atoms with Gasteiger partial charge in [0.25, 0.3) is 5.56 Å². The van der Waals surface area contributed by atoms with Crippen LogP contribution in [0.2, 0.25) is 0 Å². The van der Waals surface area contributed by atoms with Crippen molar-refractivity contribution in [2.75, 3.05) is 13.1 Å². The van der Waals surface area contributed by atoms with Crippen molar-refractivity contribution in [3.05, 3.63) is 80.4 Å². The third-order valence-corrected chi connectivity index (χ3v) is 6.05. The first-order chi connectivity index (χ1) is 13.6. The molecule has 1 fully saturated rings. The Bertz CT molecular complexity index is 1070. The van der Waals surface area contributed by atoms with E-state index in [1.54, 1.807) is 6.07 Å². The first-order valence-corrected chi connectivity index (χ1v) is 10.1. The average molecular weight is 440 g/mol. The summed E-state index contributed by atoms with van der Waals surface area (Å²) < 4.78 is 8.22. The van der Waals surface area contributed by atoms with Crippen molar-refractivity contribution in [3.8, 4) is 0 Å². The summed E-state index contributed by atoms with van der Waals surface area (Å²) >= 11 is 3.40. The van der Waals surface area contributed by atoms with Crippen molar-refractivity contribution in [3.63, 3.8) is 0 Å². The summed E-state index contributed by atoms with van der Waals surface area (Å²) in [4.78, 5) is 31.0. The van der Waals surface area contributed by atoms with Crippen LogP contribution in [0.25, 0.3) is 0 Å². The molecule has 0 aliphatic carbocycles. The lowest BCUT2D eigenvalue weighted by Gasteiger charge is -2.42. The molecule has 0 unspecified atom stereocenters. The van der Waals surface area contributed by atoms with Gasteiger partial charge in [0, 0.05) is 53.5 Å². The summed E-state index contributed by atoms with van der Waals surface area (Å²) in [5.74, 6) is 0.573. The molecule has 7 heteroatoms. The van der Waals surface area contributed by atoms with E-state index < -0.39 is 5.97 Å². The predicted molar refractivity (Wildman–Crippen MR) is 108 cm³/mol. The maximum atomic E-state index is 12.3. The maximum absolute atomic E-state index is 12.3. The normalized spacial score (nSPS) is 24.8. The molecule has 1 aromatic carbocycles. The van der Waals surface area contributed by atoms with Crippen LogP contribution in [0.4, 0.5) is 0 Å². The van der Waals surface area contributed by atoms with Crippen molar-refractivity contribution < 1.29 is 9.53 Å². The highest BCUT2D eigenvalue weighted by molar-refractivity contribution is 9.10. The van der Waals surface area contributed by atoms with E-state index in [9.17, 15) is 9.59 Å². The number of rotatable bonds is 2. The second-order valence-electron chi connectivity index (χ2n) is 7.48. The SMILES string of the molecule is O=C1OC(c2ccc(Br)cc2)=N/C1=C\N1C[C@H]2C[C@@H](C1)c1cccc(=O)n1C2. The van der Waals surface area contributed by atoms with Crippen LogP contribution in [-0.4, -0.2) is 34.4 Å². The van der Waals surface area contributed by atoms with Gasteiger partial charge in [-0.3, -0.25) is 4.79 Å². The van der Waals surface area contributed by atoms with Gasteiger partial charge in [0.2, 0.25) is 5.90 Å². The van der Waals surface area contributed by atoms with E-state index in [0.717, 1.165) is 41.8 Å². The number of benzene rings is 1. The molecule has 2 aromatic rings. The Kier molecular flexibility index (Phi) is 4.19. The number of esters is 1. The largest absolute Gasteiger partial charge is 0.402 e. The van der Waals surface area contributed by atoms with Gasteiger partial charge in [-0.2, -0.15) is 0 Å². The van der Waals surface area contributed by atoms with Crippen molar-refractivity contribution >= 4 is 27.8 Å². The smallest absolute Gasteiger partial charge is 0.365 e. The topological polar surface area (TPSA) is 63.9 Å². The maximum Gasteiger partial charge on any atom is 0.365 e. The zero-order valence-electron chi connectivity index (χ0n) is 15.0. The van der Waals surface area contributed by atoms with Crippen LogP contribution in [0, 0.1) is 5.92 Å². The van der Waals surface area contributed by atoms with E-state index in [1.165, 1.54) is 0 Å². The summed E-state index contributed by atoms with van der Waals surface area (Å²) in [6, 6.07) is 13.0. The second-order valence-corrected chi connectivity index (χ2v) is 8.40. The number of aliphatic imine (C=N–C) groups is 1. The Hall–Kier alpha value is -2.67. The average Bonchev–Trinajstić information content (AvgIpc) is 3.04. The fourth-order valence-electron chi connectivity index (χ4n) is 4.33. The summed E-state index contributed by atoms with van der Waals surface area (Å²) in [6.45, 7) is 2.29. The van der Waals surface area contributed by atoms with Crippen molar-refractivity contribution in [2.45, 2.75) is 18.9 Å². The van der Waals surface area contributed by atoms with Crippen LogP contribution in [0.1, 0.15) is 23.6 Å². The first-order valence-electron chi connectivity index (χ1n) is 9.29. The first kappa shape index (κ1) is 17.4. The number of hydrogen-bond donors (Lipinski definition) is 0. The Morgan fingerprint density at radius 3 is 2.71 bits per heavy atom. The lowest BCUT2D eigenvalue weighted by atomic mass is 9.83. The highest BCUT2D eigenvalue weighted by Gasteiger charge is 2.34. The minimum absolute atomic E-state index is 0.0714. The molecule has 5 rings (SSSR count). The number of nitrogens with zero attached hydrogens (tertiary/aromatic N) is 3. The fraction of sp³-hybridized carbons (Fsp3) is 0.286. The lowest BCUT2D eigenvalue weighted by molar-refractivity contribution is -0.130. The van der Waals surface area contributed by atoms with E-state index in [2.05, 4.69) is 25.8 Å². The van der Waals surface area contributed by atoms with Crippen molar-refractivity contribution in [1.29, 1.82) is 0 Å². The summed E-state index contributed by atoms with van der Waals surface area (Å²) in [5, 5.41) is 0. The number of pyridine rings is 1. The molecule has 4 heterocycles. The van der Waals surface area contributed by atoms with Crippen LogP contribution in [-0.2, 0) is 16.1 Å². The minimum Gasteiger partial charge on any atom is -0.402 e. The summed E-state index contributed by atoms with van der Waals surface area (Å²) in [6.07, 6.45) is 2.88. The van der Waals surface area contributed by atoms with E-state index in [0.29, 0.717) is 17.5 Å². The van der Waals surface area contributed by atoms with Gasteiger partial charge in [0.1, 0.15) is 0 Å². The molecule has 1 saturated heterocycles. The van der Waals surface area contributed by atoms with Gasteiger partial charge in [-0.05, 0) is 42.7 Å². The number of carbonyl (C=O) groups is 1. The zero-order valence-corrected chi connectivity index (χ0v) is 16.6. The molecule has 3 aliphatic heterocycles. The van der Waals surface area contributed by atoms with Crippen molar-refractivity contribution in [1.82, 2.24) is 9.47 Å². The third-order valence-electron chi connectivity index (χ3n) is 5.52. The molecule has 0 N–H and O–H groups in total. The highest BCUT2D eigenvalue weighted by Crippen LogP contribution is 2.35. The molecular formula is C21H18BrN3O3. The summed E-state index contributed by atoms with van der Waals surface area (Å²) in [7, 11) is 0. The quantitative estimate of drug-likeness (QED) is 0.532. The predicted octanol–water partition coefficient (Wildman–Crippen LogP) is 2.87. The lowest BCUT2D eigenvalue weighted by Crippen LogP contribution is -2.45. The number of aromatic nitrogens is 1. The molecule has 3 aliphatic rings. The van der Waals surface area contributed by atoms with Gasteiger partial charge < -0.3 is 14.2 Å². The minimum atomic E-state index is -0.426. The Morgan fingerprint density at radius 2 is 1.89 bits per heavy atom.